The van der Waals surface area contributed by atoms with Gasteiger partial charge in [0.15, 0.2) is 5.69 Å². The van der Waals surface area contributed by atoms with E-state index in [-0.39, 0.29) is 16.6 Å². The second kappa shape index (κ2) is 8.68. The molecule has 6 nitrogen and oxygen atoms in total. The van der Waals surface area contributed by atoms with E-state index in [0.29, 0.717) is 26.4 Å². The summed E-state index contributed by atoms with van der Waals surface area (Å²) in [5.41, 5.74) is -0.222. The van der Waals surface area contributed by atoms with E-state index >= 15 is 0 Å². The van der Waals surface area contributed by atoms with Crippen LogP contribution in [0.1, 0.15) is 16.9 Å². The Morgan fingerprint density at radius 2 is 2.11 bits per heavy atom. The lowest BCUT2D eigenvalue weighted by Crippen LogP contribution is -2.10. The van der Waals surface area contributed by atoms with Gasteiger partial charge in [-0.15, -0.1) is 0 Å². The molecule has 0 spiro atoms. The number of carboxylic acids is 1. The van der Waals surface area contributed by atoms with Crippen LogP contribution in [0.15, 0.2) is 12.1 Å². The molecule has 0 unspecified atom stereocenters. The quantitative estimate of drug-likeness (QED) is 0.699. The zero-order valence-corrected chi connectivity index (χ0v) is 11.4. The highest BCUT2D eigenvalue weighted by Crippen LogP contribution is 2.17. The van der Waals surface area contributed by atoms with Gasteiger partial charge in [0.1, 0.15) is 6.61 Å². The number of hydrogen-bond acceptors (Lipinski definition) is 5. The van der Waals surface area contributed by atoms with Crippen molar-refractivity contribution < 1.29 is 24.1 Å². The van der Waals surface area contributed by atoms with Crippen LogP contribution >= 0.6 is 11.6 Å². The summed E-state index contributed by atoms with van der Waals surface area (Å²) in [6.45, 7) is 1.93. The summed E-state index contributed by atoms with van der Waals surface area (Å²) in [7, 11) is 1.63. The molecule has 7 heteroatoms. The first-order valence-corrected chi connectivity index (χ1v) is 6.12. The first-order chi connectivity index (χ1) is 9.15. The van der Waals surface area contributed by atoms with E-state index in [0.717, 1.165) is 6.42 Å². The minimum atomic E-state index is -1.19. The van der Waals surface area contributed by atoms with Gasteiger partial charge >= 0.3 is 5.97 Å². The Bertz CT molecular complexity index is 413. The summed E-state index contributed by atoms with van der Waals surface area (Å²) in [5.74, 6) is -0.978. The SMILES string of the molecule is COCCCOCCOc1ccc(Cl)c(C(=O)O)n1. The highest BCUT2D eigenvalue weighted by Gasteiger charge is 2.11. The Kier molecular flexibility index (Phi) is 7.17. The predicted molar refractivity (Wildman–Crippen MR) is 69.0 cm³/mol. The summed E-state index contributed by atoms with van der Waals surface area (Å²) < 4.78 is 15.4. The van der Waals surface area contributed by atoms with Crippen LogP contribution < -0.4 is 4.74 Å². The van der Waals surface area contributed by atoms with E-state index in [1.807, 2.05) is 0 Å². The summed E-state index contributed by atoms with van der Waals surface area (Å²) in [4.78, 5) is 14.6. The summed E-state index contributed by atoms with van der Waals surface area (Å²) in [6.07, 6.45) is 0.818. The number of aromatic nitrogens is 1. The summed E-state index contributed by atoms with van der Waals surface area (Å²) in [5, 5.41) is 8.92. The van der Waals surface area contributed by atoms with Gasteiger partial charge < -0.3 is 19.3 Å². The van der Waals surface area contributed by atoms with Crippen LogP contribution in [-0.2, 0) is 9.47 Å². The average Bonchev–Trinajstić information content (AvgIpc) is 2.39. The number of carboxylic acid groups (broad SMARTS) is 1. The van der Waals surface area contributed by atoms with E-state index in [4.69, 9.17) is 30.9 Å². The van der Waals surface area contributed by atoms with Gasteiger partial charge in [0, 0.05) is 26.4 Å². The van der Waals surface area contributed by atoms with E-state index in [9.17, 15) is 4.79 Å². The second-order valence-electron chi connectivity index (χ2n) is 3.59. The van der Waals surface area contributed by atoms with Crippen molar-refractivity contribution >= 4 is 17.6 Å². The standard InChI is InChI=1S/C12H16ClNO5/c1-17-5-2-6-18-7-8-19-10-4-3-9(13)11(14-10)12(15)16/h3-4H,2,5-8H2,1H3,(H,15,16). The molecule has 106 valence electrons. The van der Waals surface area contributed by atoms with Crippen molar-refractivity contribution in [2.75, 3.05) is 33.5 Å². The second-order valence-corrected chi connectivity index (χ2v) is 4.00. The van der Waals surface area contributed by atoms with Crippen LogP contribution in [0.3, 0.4) is 0 Å². The zero-order chi connectivity index (χ0) is 14.1. The van der Waals surface area contributed by atoms with E-state index in [1.54, 1.807) is 7.11 Å². The van der Waals surface area contributed by atoms with Crippen LogP contribution in [0.5, 0.6) is 5.88 Å². The smallest absolute Gasteiger partial charge is 0.356 e. The fourth-order valence-corrected chi connectivity index (χ4v) is 1.45. The van der Waals surface area contributed by atoms with Crippen LogP contribution in [-0.4, -0.2) is 49.6 Å². The number of rotatable bonds is 9. The normalized spacial score (nSPS) is 10.4. The number of nitrogens with zero attached hydrogens (tertiary/aromatic N) is 1. The molecule has 1 aromatic heterocycles. The maximum atomic E-state index is 10.8. The average molecular weight is 290 g/mol. The molecule has 0 fully saturated rings. The third kappa shape index (κ3) is 5.87. The largest absolute Gasteiger partial charge is 0.476 e. The Labute approximate surface area is 116 Å². The number of carbonyl (C=O) groups is 1. The molecular formula is C12H16ClNO5. The molecule has 0 atom stereocenters. The van der Waals surface area contributed by atoms with Gasteiger partial charge in [-0.3, -0.25) is 0 Å². The molecule has 0 aliphatic carbocycles. The highest BCUT2D eigenvalue weighted by atomic mass is 35.5. The number of methoxy groups -OCH3 is 1. The van der Waals surface area contributed by atoms with Gasteiger partial charge in [-0.05, 0) is 12.5 Å². The van der Waals surface area contributed by atoms with Crippen molar-refractivity contribution in [1.29, 1.82) is 0 Å². The minimum Gasteiger partial charge on any atom is -0.476 e. The lowest BCUT2D eigenvalue weighted by Gasteiger charge is -2.07. The van der Waals surface area contributed by atoms with Crippen LogP contribution in [0, 0.1) is 0 Å². The van der Waals surface area contributed by atoms with Gasteiger partial charge in [-0.25, -0.2) is 9.78 Å². The number of hydrogen-bond donors (Lipinski definition) is 1. The van der Waals surface area contributed by atoms with Crippen molar-refractivity contribution in [3.05, 3.63) is 22.8 Å². The fraction of sp³-hybridized carbons (Fsp3) is 0.500. The molecule has 0 radical (unpaired) electrons. The molecule has 0 aliphatic heterocycles. The van der Waals surface area contributed by atoms with E-state index < -0.39 is 5.97 Å². The van der Waals surface area contributed by atoms with Crippen LogP contribution in [0.4, 0.5) is 0 Å². The molecule has 0 saturated carbocycles. The molecule has 0 amide bonds. The van der Waals surface area contributed by atoms with Gasteiger partial charge in [-0.1, -0.05) is 11.6 Å². The lowest BCUT2D eigenvalue weighted by atomic mass is 10.3. The van der Waals surface area contributed by atoms with Gasteiger partial charge in [-0.2, -0.15) is 0 Å². The van der Waals surface area contributed by atoms with Gasteiger partial charge in [0.2, 0.25) is 5.88 Å². The Balaban J connectivity index is 2.30. The molecule has 19 heavy (non-hydrogen) atoms. The summed E-state index contributed by atoms with van der Waals surface area (Å²) in [6, 6.07) is 2.95. The number of halogens is 1. The molecule has 0 saturated heterocycles. The predicted octanol–water partition coefficient (Wildman–Crippen LogP) is 1.87. The first kappa shape index (κ1) is 15.7. The Morgan fingerprint density at radius 1 is 1.32 bits per heavy atom. The molecule has 0 aromatic carbocycles. The molecule has 0 bridgehead atoms. The Hall–Kier alpha value is -1.37. The molecular weight excluding hydrogens is 274 g/mol. The Morgan fingerprint density at radius 3 is 2.79 bits per heavy atom. The molecule has 1 aromatic rings. The van der Waals surface area contributed by atoms with Crippen molar-refractivity contribution in [2.45, 2.75) is 6.42 Å². The monoisotopic (exact) mass is 289 g/mol. The number of aromatic carboxylic acids is 1. The lowest BCUT2D eigenvalue weighted by molar-refractivity contribution is 0.0686. The number of pyridine rings is 1. The van der Waals surface area contributed by atoms with Gasteiger partial charge in [0.05, 0.1) is 11.6 Å². The van der Waals surface area contributed by atoms with Crippen molar-refractivity contribution in [3.8, 4) is 5.88 Å². The summed E-state index contributed by atoms with van der Waals surface area (Å²) >= 11 is 5.69. The van der Waals surface area contributed by atoms with Crippen molar-refractivity contribution in [3.63, 3.8) is 0 Å². The first-order valence-electron chi connectivity index (χ1n) is 5.74. The van der Waals surface area contributed by atoms with E-state index in [2.05, 4.69) is 4.98 Å². The molecule has 1 rings (SSSR count). The van der Waals surface area contributed by atoms with Gasteiger partial charge in [0.25, 0.3) is 0 Å². The topological polar surface area (TPSA) is 77.9 Å². The third-order valence-electron chi connectivity index (χ3n) is 2.14. The maximum Gasteiger partial charge on any atom is 0.356 e. The van der Waals surface area contributed by atoms with Crippen molar-refractivity contribution in [1.82, 2.24) is 4.98 Å². The number of ether oxygens (including phenoxy) is 3. The van der Waals surface area contributed by atoms with Crippen molar-refractivity contribution in [2.24, 2.45) is 0 Å². The zero-order valence-electron chi connectivity index (χ0n) is 10.6. The maximum absolute atomic E-state index is 10.8. The molecule has 1 heterocycles. The molecule has 1 N–H and O–H groups in total. The van der Waals surface area contributed by atoms with Crippen LogP contribution in [0.2, 0.25) is 5.02 Å². The minimum absolute atomic E-state index is 0.0793. The van der Waals surface area contributed by atoms with E-state index in [1.165, 1.54) is 12.1 Å². The fourth-order valence-electron chi connectivity index (χ4n) is 1.27. The third-order valence-corrected chi connectivity index (χ3v) is 2.44. The molecule has 0 aliphatic rings. The highest BCUT2D eigenvalue weighted by molar-refractivity contribution is 6.33. The van der Waals surface area contributed by atoms with Crippen LogP contribution in [0.25, 0.3) is 0 Å².